The number of halogens is 3. The van der Waals surface area contributed by atoms with Crippen LogP contribution in [0.3, 0.4) is 0 Å². The molecule has 2 atom stereocenters. The molecule has 1 heterocycles. The molecule has 1 aliphatic rings. The van der Waals surface area contributed by atoms with Gasteiger partial charge in [-0.2, -0.15) is 13.2 Å². The summed E-state index contributed by atoms with van der Waals surface area (Å²) in [6, 6.07) is 3.17. The number of carbonyl (C=O) groups is 1. The van der Waals surface area contributed by atoms with E-state index in [0.717, 1.165) is 18.2 Å². The van der Waals surface area contributed by atoms with E-state index < -0.39 is 44.9 Å². The third-order valence-corrected chi connectivity index (χ3v) is 6.08. The highest BCUT2D eigenvalue weighted by molar-refractivity contribution is 7.88. The lowest BCUT2D eigenvalue weighted by molar-refractivity contribution is -0.148. The summed E-state index contributed by atoms with van der Waals surface area (Å²) in [7, 11) is -3.95. The van der Waals surface area contributed by atoms with Crippen LogP contribution >= 0.6 is 0 Å². The van der Waals surface area contributed by atoms with Gasteiger partial charge in [0.15, 0.2) is 5.54 Å². The summed E-state index contributed by atoms with van der Waals surface area (Å²) in [4.78, 5) is 12.2. The SMILES string of the molecule is CCN1C(C)C(C(=O)O)(c2ccccc2C(F)(F)F)NN1S(=O)(=O)CC. The van der Waals surface area contributed by atoms with Gasteiger partial charge in [-0.3, -0.25) is 0 Å². The average molecular weight is 395 g/mol. The minimum atomic E-state index is -4.80. The van der Waals surface area contributed by atoms with Gasteiger partial charge in [0, 0.05) is 6.54 Å². The van der Waals surface area contributed by atoms with Gasteiger partial charge < -0.3 is 5.11 Å². The molecule has 0 bridgehead atoms. The molecule has 1 fully saturated rings. The van der Waals surface area contributed by atoms with Gasteiger partial charge >= 0.3 is 12.1 Å². The lowest BCUT2D eigenvalue weighted by Crippen LogP contribution is -2.55. The van der Waals surface area contributed by atoms with Crippen LogP contribution < -0.4 is 5.43 Å². The number of alkyl halides is 3. The molecule has 0 saturated carbocycles. The van der Waals surface area contributed by atoms with Crippen molar-refractivity contribution in [2.24, 2.45) is 0 Å². The van der Waals surface area contributed by atoms with Crippen molar-refractivity contribution in [3.63, 3.8) is 0 Å². The third kappa shape index (κ3) is 3.08. The smallest absolute Gasteiger partial charge is 0.416 e. The summed E-state index contributed by atoms with van der Waals surface area (Å²) >= 11 is 0. The van der Waals surface area contributed by atoms with Crippen LogP contribution in [0, 0.1) is 0 Å². The predicted molar refractivity (Wildman–Crippen MR) is 87.0 cm³/mol. The predicted octanol–water partition coefficient (Wildman–Crippen LogP) is 1.78. The van der Waals surface area contributed by atoms with Gasteiger partial charge in [0.05, 0.1) is 17.4 Å². The summed E-state index contributed by atoms with van der Waals surface area (Å²) in [5.74, 6) is -1.95. The molecule has 1 aliphatic heterocycles. The van der Waals surface area contributed by atoms with Crippen molar-refractivity contribution in [2.75, 3.05) is 12.3 Å². The van der Waals surface area contributed by atoms with E-state index in [2.05, 4.69) is 5.43 Å². The number of carboxylic acid groups (broad SMARTS) is 1. The number of benzene rings is 1. The number of hydrogen-bond donors (Lipinski definition) is 2. The Labute approximate surface area is 149 Å². The minimum Gasteiger partial charge on any atom is -0.480 e. The summed E-state index contributed by atoms with van der Waals surface area (Å²) in [5.41, 5.74) is -1.61. The van der Waals surface area contributed by atoms with Crippen molar-refractivity contribution in [2.45, 2.75) is 38.5 Å². The molecular formula is C15H20F3N3O4S. The number of nitrogens with one attached hydrogen (secondary N) is 1. The second kappa shape index (κ2) is 6.80. The molecule has 11 heteroatoms. The second-order valence-corrected chi connectivity index (χ2v) is 7.93. The highest BCUT2D eigenvalue weighted by Crippen LogP contribution is 2.42. The topological polar surface area (TPSA) is 90.0 Å². The van der Waals surface area contributed by atoms with Crippen LogP contribution in [0.25, 0.3) is 0 Å². The van der Waals surface area contributed by atoms with Crippen molar-refractivity contribution in [1.29, 1.82) is 0 Å². The molecule has 2 N–H and O–H groups in total. The largest absolute Gasteiger partial charge is 0.480 e. The first-order valence-electron chi connectivity index (χ1n) is 7.90. The zero-order valence-electron chi connectivity index (χ0n) is 14.4. The maximum atomic E-state index is 13.5. The number of rotatable bonds is 5. The Morgan fingerprint density at radius 1 is 1.31 bits per heavy atom. The van der Waals surface area contributed by atoms with Crippen LogP contribution in [0.2, 0.25) is 0 Å². The second-order valence-electron chi connectivity index (χ2n) is 5.84. The van der Waals surface area contributed by atoms with E-state index >= 15 is 0 Å². The Morgan fingerprint density at radius 2 is 1.88 bits per heavy atom. The molecule has 2 unspecified atom stereocenters. The van der Waals surface area contributed by atoms with E-state index in [-0.39, 0.29) is 12.3 Å². The Hall–Kier alpha value is -1.69. The zero-order valence-corrected chi connectivity index (χ0v) is 15.2. The van der Waals surface area contributed by atoms with E-state index in [1.54, 1.807) is 6.92 Å². The highest BCUT2D eigenvalue weighted by Gasteiger charge is 2.60. The highest BCUT2D eigenvalue weighted by atomic mass is 32.2. The van der Waals surface area contributed by atoms with Crippen LogP contribution in [0.5, 0.6) is 0 Å². The van der Waals surface area contributed by atoms with E-state index in [9.17, 15) is 31.5 Å². The molecule has 1 aromatic rings. The quantitative estimate of drug-likeness (QED) is 0.790. The molecule has 0 aliphatic carbocycles. The fraction of sp³-hybridized carbons (Fsp3) is 0.533. The van der Waals surface area contributed by atoms with Crippen LogP contribution in [-0.2, 0) is 26.5 Å². The van der Waals surface area contributed by atoms with Crippen molar-refractivity contribution in [3.05, 3.63) is 35.4 Å². The van der Waals surface area contributed by atoms with Crippen LogP contribution in [0.15, 0.2) is 24.3 Å². The molecular weight excluding hydrogens is 375 g/mol. The van der Waals surface area contributed by atoms with E-state index in [0.29, 0.717) is 4.52 Å². The summed E-state index contributed by atoms with van der Waals surface area (Å²) in [6.45, 7) is 4.41. The molecule has 1 saturated heterocycles. The van der Waals surface area contributed by atoms with Crippen molar-refractivity contribution >= 4 is 16.0 Å². The lowest BCUT2D eigenvalue weighted by Gasteiger charge is -2.31. The Morgan fingerprint density at radius 3 is 2.35 bits per heavy atom. The molecule has 0 radical (unpaired) electrons. The monoisotopic (exact) mass is 395 g/mol. The molecule has 0 spiro atoms. The number of hydrazine groups is 2. The van der Waals surface area contributed by atoms with E-state index in [1.165, 1.54) is 24.9 Å². The van der Waals surface area contributed by atoms with Gasteiger partial charge in [0.2, 0.25) is 10.0 Å². The van der Waals surface area contributed by atoms with Crippen LogP contribution in [0.1, 0.15) is 31.9 Å². The number of hydrogen-bond acceptors (Lipinski definition) is 5. The summed E-state index contributed by atoms with van der Waals surface area (Å²) in [6.07, 6.45) is -4.80. The van der Waals surface area contributed by atoms with Gasteiger partial charge in [0.25, 0.3) is 0 Å². The fourth-order valence-electron chi connectivity index (χ4n) is 3.14. The number of nitrogens with zero attached hydrogens (tertiary/aromatic N) is 2. The number of likely N-dealkylation sites (N-methyl/N-ethyl adjacent to an activating group) is 1. The number of carboxylic acids is 1. The maximum Gasteiger partial charge on any atom is 0.416 e. The Bertz CT molecular complexity index is 800. The Balaban J connectivity index is 2.76. The summed E-state index contributed by atoms with van der Waals surface area (Å²) in [5, 5.41) is 11.1. The van der Waals surface area contributed by atoms with Crippen molar-refractivity contribution < 1.29 is 31.5 Å². The summed E-state index contributed by atoms with van der Waals surface area (Å²) < 4.78 is 65.8. The van der Waals surface area contributed by atoms with Crippen LogP contribution in [-0.4, -0.2) is 47.4 Å². The first-order chi connectivity index (χ1) is 11.9. The maximum absolute atomic E-state index is 13.5. The van der Waals surface area contributed by atoms with Gasteiger partial charge in [-0.1, -0.05) is 29.6 Å². The van der Waals surface area contributed by atoms with Gasteiger partial charge in [-0.25, -0.2) is 23.6 Å². The minimum absolute atomic E-state index is 0.0800. The van der Waals surface area contributed by atoms with Crippen molar-refractivity contribution in [3.8, 4) is 0 Å². The first kappa shape index (κ1) is 20.6. The Kier molecular flexibility index (Phi) is 5.39. The number of aliphatic carboxylic acids is 1. The zero-order chi connectivity index (χ0) is 19.9. The van der Waals surface area contributed by atoms with E-state index in [1.807, 2.05) is 0 Å². The molecule has 2 rings (SSSR count). The van der Waals surface area contributed by atoms with E-state index in [4.69, 9.17) is 0 Å². The third-order valence-electron chi connectivity index (χ3n) is 4.53. The standard InChI is InChI=1S/C15H20F3N3O4S/c1-4-20-10(3)14(13(22)23,19-21(20)26(24,25)5-2)11-8-6-7-9-12(11)15(16,17)18/h6-10,19H,4-5H2,1-3H3,(H,22,23). The molecule has 0 amide bonds. The molecule has 1 aromatic carbocycles. The molecule has 0 aromatic heterocycles. The number of sulfonamides is 1. The van der Waals surface area contributed by atoms with Gasteiger partial charge in [-0.05, 0) is 25.5 Å². The van der Waals surface area contributed by atoms with Crippen LogP contribution in [0.4, 0.5) is 13.2 Å². The lowest BCUT2D eigenvalue weighted by atomic mass is 9.81. The normalized spacial score (nSPS) is 25.5. The molecule has 7 nitrogen and oxygen atoms in total. The fourth-order valence-corrected chi connectivity index (χ4v) is 4.25. The molecule has 146 valence electrons. The average Bonchev–Trinajstić information content (AvgIpc) is 2.88. The molecule has 26 heavy (non-hydrogen) atoms. The van der Waals surface area contributed by atoms with Gasteiger partial charge in [-0.15, -0.1) is 0 Å². The van der Waals surface area contributed by atoms with Gasteiger partial charge in [0.1, 0.15) is 0 Å². The first-order valence-corrected chi connectivity index (χ1v) is 9.51. The van der Waals surface area contributed by atoms with Crippen molar-refractivity contribution in [1.82, 2.24) is 15.0 Å².